The Balaban J connectivity index is 1.61. The molecule has 0 amide bonds. The molecule has 6 nitrogen and oxygen atoms in total. The lowest BCUT2D eigenvalue weighted by Crippen LogP contribution is -2.33. The normalized spacial score (nSPS) is 17.8. The molecule has 0 aromatic carbocycles. The summed E-state index contributed by atoms with van der Waals surface area (Å²) in [6.45, 7) is 10.3. The molecule has 0 N–H and O–H groups in total. The molecular weight excluding hydrogens is 312 g/mol. The molecule has 0 saturated carbocycles. The maximum Gasteiger partial charge on any atom is 0.252 e. The van der Waals surface area contributed by atoms with Crippen LogP contribution in [-0.2, 0) is 0 Å². The van der Waals surface area contributed by atoms with E-state index in [4.69, 9.17) is 0 Å². The second-order valence-electron chi connectivity index (χ2n) is 6.71. The number of rotatable bonds is 3. The predicted molar refractivity (Wildman–Crippen MR) is 97.1 cm³/mol. The molecule has 1 aliphatic heterocycles. The van der Waals surface area contributed by atoms with Crippen LogP contribution in [0.1, 0.15) is 41.4 Å². The number of likely N-dealkylation sites (tertiary alicyclic amines) is 1. The van der Waals surface area contributed by atoms with E-state index in [2.05, 4.69) is 43.7 Å². The molecule has 128 valence electrons. The van der Waals surface area contributed by atoms with Crippen LogP contribution in [0.4, 0.5) is 0 Å². The molecule has 4 rings (SSSR count). The van der Waals surface area contributed by atoms with E-state index in [1.54, 1.807) is 6.33 Å². The van der Waals surface area contributed by atoms with Gasteiger partial charge in [0.15, 0.2) is 0 Å². The van der Waals surface area contributed by atoms with Gasteiger partial charge in [0.2, 0.25) is 0 Å². The molecule has 6 heteroatoms. The molecule has 0 aliphatic carbocycles. The Morgan fingerprint density at radius 2 is 2.08 bits per heavy atom. The highest BCUT2D eigenvalue weighted by molar-refractivity contribution is 5.61. The number of pyridine rings is 1. The van der Waals surface area contributed by atoms with Gasteiger partial charge in [0, 0.05) is 47.9 Å². The van der Waals surface area contributed by atoms with Gasteiger partial charge in [-0.2, -0.15) is 10.1 Å². The third-order valence-electron chi connectivity index (χ3n) is 4.87. The third kappa shape index (κ3) is 2.99. The molecule has 3 aromatic heterocycles. The first-order valence-corrected chi connectivity index (χ1v) is 8.66. The van der Waals surface area contributed by atoms with E-state index in [1.165, 1.54) is 5.69 Å². The number of hydrogen-bond donors (Lipinski definition) is 0. The van der Waals surface area contributed by atoms with E-state index in [0.717, 1.165) is 48.6 Å². The standard InChI is InChI=1S/C19H22N6/c1-13-6-7-16(10-20-13)15(3)24-8-4-5-17(11-24)18-9-14(2)23-19-21-12-22-25(18)19/h6-7,9-10,12,17H,3-5,8,11H2,1-2H3. The van der Waals surface area contributed by atoms with Crippen molar-refractivity contribution in [2.45, 2.75) is 32.6 Å². The van der Waals surface area contributed by atoms with Crippen molar-refractivity contribution in [3.8, 4) is 0 Å². The molecule has 0 bridgehead atoms. The van der Waals surface area contributed by atoms with Crippen molar-refractivity contribution in [2.24, 2.45) is 0 Å². The van der Waals surface area contributed by atoms with E-state index in [9.17, 15) is 0 Å². The van der Waals surface area contributed by atoms with E-state index in [-0.39, 0.29) is 0 Å². The number of aromatic nitrogens is 5. The molecule has 4 heterocycles. The van der Waals surface area contributed by atoms with Gasteiger partial charge in [0.1, 0.15) is 6.33 Å². The van der Waals surface area contributed by atoms with E-state index in [1.807, 2.05) is 30.6 Å². The minimum atomic E-state index is 0.384. The zero-order chi connectivity index (χ0) is 17.4. The molecule has 0 radical (unpaired) electrons. The summed E-state index contributed by atoms with van der Waals surface area (Å²) < 4.78 is 1.87. The Labute approximate surface area is 147 Å². The van der Waals surface area contributed by atoms with Crippen molar-refractivity contribution in [3.05, 3.63) is 59.9 Å². The predicted octanol–water partition coefficient (Wildman–Crippen LogP) is 2.99. The fourth-order valence-electron chi connectivity index (χ4n) is 3.53. The van der Waals surface area contributed by atoms with Crippen molar-refractivity contribution >= 4 is 11.5 Å². The summed E-state index contributed by atoms with van der Waals surface area (Å²) in [7, 11) is 0. The summed E-state index contributed by atoms with van der Waals surface area (Å²) in [6, 6.07) is 6.26. The van der Waals surface area contributed by atoms with Crippen LogP contribution >= 0.6 is 0 Å². The summed E-state index contributed by atoms with van der Waals surface area (Å²) in [5.41, 5.74) is 5.31. The van der Waals surface area contributed by atoms with Crippen LogP contribution in [0.2, 0.25) is 0 Å². The van der Waals surface area contributed by atoms with Crippen LogP contribution in [0.5, 0.6) is 0 Å². The monoisotopic (exact) mass is 334 g/mol. The fraction of sp³-hybridized carbons (Fsp3) is 0.368. The Bertz CT molecular complexity index is 911. The lowest BCUT2D eigenvalue weighted by molar-refractivity contribution is 0.290. The highest BCUT2D eigenvalue weighted by Gasteiger charge is 2.25. The van der Waals surface area contributed by atoms with Crippen molar-refractivity contribution in [1.29, 1.82) is 0 Å². The molecule has 25 heavy (non-hydrogen) atoms. The lowest BCUT2D eigenvalue weighted by atomic mass is 9.93. The van der Waals surface area contributed by atoms with Gasteiger partial charge in [-0.3, -0.25) is 4.98 Å². The van der Waals surface area contributed by atoms with Crippen molar-refractivity contribution in [1.82, 2.24) is 29.5 Å². The number of hydrogen-bond acceptors (Lipinski definition) is 5. The van der Waals surface area contributed by atoms with Gasteiger partial charge in [0.05, 0.1) is 5.69 Å². The van der Waals surface area contributed by atoms with Gasteiger partial charge in [0.25, 0.3) is 5.78 Å². The van der Waals surface area contributed by atoms with Gasteiger partial charge in [-0.15, -0.1) is 0 Å². The summed E-state index contributed by atoms with van der Waals surface area (Å²) in [6.07, 6.45) is 5.74. The van der Waals surface area contributed by atoms with Crippen LogP contribution < -0.4 is 0 Å². The first-order chi connectivity index (χ1) is 12.1. The number of fused-ring (bicyclic) bond motifs is 1. The Morgan fingerprint density at radius 1 is 1.20 bits per heavy atom. The van der Waals surface area contributed by atoms with E-state index in [0.29, 0.717) is 11.7 Å². The van der Waals surface area contributed by atoms with Crippen LogP contribution in [0, 0.1) is 13.8 Å². The first-order valence-electron chi connectivity index (χ1n) is 8.66. The Morgan fingerprint density at radius 3 is 2.88 bits per heavy atom. The van der Waals surface area contributed by atoms with Gasteiger partial charge in [-0.25, -0.2) is 9.50 Å². The van der Waals surface area contributed by atoms with Gasteiger partial charge < -0.3 is 4.90 Å². The highest BCUT2D eigenvalue weighted by Crippen LogP contribution is 2.31. The summed E-state index contributed by atoms with van der Waals surface area (Å²) in [5.74, 6) is 1.06. The van der Waals surface area contributed by atoms with Crippen LogP contribution in [0.15, 0.2) is 37.3 Å². The first kappa shape index (κ1) is 15.7. The molecule has 1 saturated heterocycles. The molecule has 0 spiro atoms. The molecule has 3 aromatic rings. The number of piperidine rings is 1. The molecule has 1 fully saturated rings. The molecule has 1 unspecified atom stereocenters. The topological polar surface area (TPSA) is 59.2 Å². The smallest absolute Gasteiger partial charge is 0.252 e. The van der Waals surface area contributed by atoms with E-state index >= 15 is 0 Å². The van der Waals surface area contributed by atoms with Crippen LogP contribution in [0.3, 0.4) is 0 Å². The molecule has 1 atom stereocenters. The van der Waals surface area contributed by atoms with Gasteiger partial charge in [-0.05, 0) is 44.9 Å². The van der Waals surface area contributed by atoms with E-state index < -0.39 is 0 Å². The minimum absolute atomic E-state index is 0.384. The Hall–Kier alpha value is -2.76. The maximum absolute atomic E-state index is 4.45. The second kappa shape index (κ2) is 6.27. The summed E-state index contributed by atoms with van der Waals surface area (Å²) >= 11 is 0. The Kier molecular flexibility index (Phi) is 3.95. The fourth-order valence-corrected chi connectivity index (χ4v) is 3.53. The van der Waals surface area contributed by atoms with Crippen molar-refractivity contribution < 1.29 is 0 Å². The lowest BCUT2D eigenvalue weighted by Gasteiger charge is -2.35. The zero-order valence-electron chi connectivity index (χ0n) is 14.7. The van der Waals surface area contributed by atoms with Gasteiger partial charge in [-0.1, -0.05) is 6.58 Å². The highest BCUT2D eigenvalue weighted by atomic mass is 15.3. The number of nitrogens with zero attached hydrogens (tertiary/aromatic N) is 6. The molecule has 1 aliphatic rings. The average Bonchev–Trinajstić information content (AvgIpc) is 3.09. The summed E-state index contributed by atoms with van der Waals surface area (Å²) in [4.78, 5) is 15.5. The third-order valence-corrected chi connectivity index (χ3v) is 4.87. The second-order valence-corrected chi connectivity index (χ2v) is 6.71. The zero-order valence-corrected chi connectivity index (χ0v) is 14.7. The summed E-state index contributed by atoms with van der Waals surface area (Å²) in [5, 5.41) is 4.36. The largest absolute Gasteiger partial charge is 0.371 e. The maximum atomic E-state index is 4.45. The van der Waals surface area contributed by atoms with Crippen molar-refractivity contribution in [3.63, 3.8) is 0 Å². The van der Waals surface area contributed by atoms with Crippen molar-refractivity contribution in [2.75, 3.05) is 13.1 Å². The SMILES string of the molecule is C=C(c1ccc(C)nc1)N1CCCC(c2cc(C)nc3ncnn23)C1. The average molecular weight is 334 g/mol. The minimum Gasteiger partial charge on any atom is -0.371 e. The number of aryl methyl sites for hydroxylation is 2. The van der Waals surface area contributed by atoms with Crippen LogP contribution in [0.25, 0.3) is 11.5 Å². The van der Waals surface area contributed by atoms with Crippen LogP contribution in [-0.4, -0.2) is 42.6 Å². The molecular formula is C19H22N6. The quantitative estimate of drug-likeness (QED) is 0.737. The van der Waals surface area contributed by atoms with Gasteiger partial charge >= 0.3 is 0 Å².